The zero-order valence-corrected chi connectivity index (χ0v) is 11.4. The van der Waals surface area contributed by atoms with Crippen molar-refractivity contribution in [1.82, 2.24) is 0 Å². The summed E-state index contributed by atoms with van der Waals surface area (Å²) in [5.41, 5.74) is 13.2. The van der Waals surface area contributed by atoms with Gasteiger partial charge in [0.25, 0.3) is 0 Å². The van der Waals surface area contributed by atoms with E-state index in [9.17, 15) is 9.59 Å². The molecular formula is C15H15N3O3. The number of anilines is 3. The third-order valence-electron chi connectivity index (χ3n) is 2.92. The van der Waals surface area contributed by atoms with E-state index in [1.54, 1.807) is 42.5 Å². The first kappa shape index (κ1) is 14.4. The SMILES string of the molecule is COC(=O)c1cccc(N)c1Nc1cccc(C(N)=O)c1. The molecule has 6 heteroatoms. The van der Waals surface area contributed by atoms with E-state index in [0.717, 1.165) is 0 Å². The van der Waals surface area contributed by atoms with Crippen LogP contribution in [0.5, 0.6) is 0 Å². The van der Waals surface area contributed by atoms with Crippen LogP contribution < -0.4 is 16.8 Å². The lowest BCUT2D eigenvalue weighted by Gasteiger charge is -2.13. The standard InChI is InChI=1S/C15H15N3O3/c1-21-15(20)11-6-3-7-12(16)13(11)18-10-5-2-4-9(8-10)14(17)19/h2-8,18H,16H2,1H3,(H2,17,19). The Balaban J connectivity index is 2.42. The van der Waals surface area contributed by atoms with E-state index in [0.29, 0.717) is 28.2 Å². The molecule has 6 nitrogen and oxygen atoms in total. The molecular weight excluding hydrogens is 270 g/mol. The van der Waals surface area contributed by atoms with Crippen LogP contribution in [0.1, 0.15) is 20.7 Å². The number of primary amides is 1. The van der Waals surface area contributed by atoms with Gasteiger partial charge in [0.2, 0.25) is 5.91 Å². The van der Waals surface area contributed by atoms with E-state index in [2.05, 4.69) is 5.32 Å². The third-order valence-corrected chi connectivity index (χ3v) is 2.92. The number of methoxy groups -OCH3 is 1. The van der Waals surface area contributed by atoms with Crippen LogP contribution in [0.3, 0.4) is 0 Å². The summed E-state index contributed by atoms with van der Waals surface area (Å²) in [5, 5.41) is 3.02. The molecule has 0 saturated carbocycles. The van der Waals surface area contributed by atoms with Gasteiger partial charge >= 0.3 is 5.97 Å². The third kappa shape index (κ3) is 3.11. The molecule has 0 aliphatic rings. The monoisotopic (exact) mass is 285 g/mol. The van der Waals surface area contributed by atoms with Gasteiger partial charge in [-0.3, -0.25) is 4.79 Å². The second-order valence-electron chi connectivity index (χ2n) is 4.33. The number of rotatable bonds is 4. The van der Waals surface area contributed by atoms with Crippen LogP contribution in [-0.2, 0) is 4.74 Å². The number of hydrogen-bond donors (Lipinski definition) is 3. The van der Waals surface area contributed by atoms with E-state index in [1.165, 1.54) is 7.11 Å². The Morgan fingerprint density at radius 1 is 1.14 bits per heavy atom. The molecule has 21 heavy (non-hydrogen) atoms. The highest BCUT2D eigenvalue weighted by Gasteiger charge is 2.14. The van der Waals surface area contributed by atoms with Gasteiger partial charge in [0.1, 0.15) is 0 Å². The molecule has 2 rings (SSSR count). The van der Waals surface area contributed by atoms with Crippen LogP contribution in [0, 0.1) is 0 Å². The molecule has 2 aromatic rings. The van der Waals surface area contributed by atoms with E-state index in [1.807, 2.05) is 0 Å². The highest BCUT2D eigenvalue weighted by atomic mass is 16.5. The summed E-state index contributed by atoms with van der Waals surface area (Å²) in [5.74, 6) is -1.04. The Labute approximate surface area is 121 Å². The predicted octanol–water partition coefficient (Wildman–Crippen LogP) is 1.90. The van der Waals surface area contributed by atoms with Crippen molar-refractivity contribution in [3.63, 3.8) is 0 Å². The number of carbonyl (C=O) groups excluding carboxylic acids is 2. The molecule has 0 saturated heterocycles. The first-order chi connectivity index (χ1) is 10.0. The summed E-state index contributed by atoms with van der Waals surface area (Å²) in [6.07, 6.45) is 0. The number of ether oxygens (including phenoxy) is 1. The number of nitrogens with one attached hydrogen (secondary N) is 1. The molecule has 0 aliphatic heterocycles. The van der Waals surface area contributed by atoms with Crippen LogP contribution >= 0.6 is 0 Å². The number of amides is 1. The summed E-state index contributed by atoms with van der Waals surface area (Å²) in [6.45, 7) is 0. The fourth-order valence-corrected chi connectivity index (χ4v) is 1.88. The molecule has 108 valence electrons. The number of para-hydroxylation sites is 1. The van der Waals surface area contributed by atoms with Crippen LogP contribution in [0.15, 0.2) is 42.5 Å². The molecule has 5 N–H and O–H groups in total. The average molecular weight is 285 g/mol. The van der Waals surface area contributed by atoms with Crippen molar-refractivity contribution in [3.8, 4) is 0 Å². The molecule has 0 spiro atoms. The van der Waals surface area contributed by atoms with Crippen molar-refractivity contribution < 1.29 is 14.3 Å². The lowest BCUT2D eigenvalue weighted by molar-refractivity contribution is 0.0601. The molecule has 0 heterocycles. The molecule has 0 aromatic heterocycles. The summed E-state index contributed by atoms with van der Waals surface area (Å²) in [4.78, 5) is 22.9. The fourth-order valence-electron chi connectivity index (χ4n) is 1.88. The second-order valence-corrected chi connectivity index (χ2v) is 4.33. The molecule has 0 unspecified atom stereocenters. The Morgan fingerprint density at radius 2 is 1.86 bits per heavy atom. The van der Waals surface area contributed by atoms with E-state index >= 15 is 0 Å². The molecule has 0 fully saturated rings. The van der Waals surface area contributed by atoms with Crippen LogP contribution in [0.25, 0.3) is 0 Å². The van der Waals surface area contributed by atoms with Crippen LogP contribution in [0.2, 0.25) is 0 Å². The van der Waals surface area contributed by atoms with Gasteiger partial charge in [0.05, 0.1) is 24.0 Å². The molecule has 1 amide bonds. The first-order valence-corrected chi connectivity index (χ1v) is 6.16. The van der Waals surface area contributed by atoms with Crippen LogP contribution in [0.4, 0.5) is 17.1 Å². The summed E-state index contributed by atoms with van der Waals surface area (Å²) in [7, 11) is 1.29. The van der Waals surface area contributed by atoms with Crippen LogP contribution in [-0.4, -0.2) is 19.0 Å². The lowest BCUT2D eigenvalue weighted by atomic mass is 10.1. The average Bonchev–Trinajstić information content (AvgIpc) is 2.48. The van der Waals surface area contributed by atoms with Crippen molar-refractivity contribution in [2.45, 2.75) is 0 Å². The Kier molecular flexibility index (Phi) is 4.08. The first-order valence-electron chi connectivity index (χ1n) is 6.16. The molecule has 0 aliphatic carbocycles. The van der Waals surface area contributed by atoms with E-state index in [4.69, 9.17) is 16.2 Å². The van der Waals surface area contributed by atoms with Gasteiger partial charge < -0.3 is 21.5 Å². The maximum atomic E-state index is 11.8. The van der Waals surface area contributed by atoms with Gasteiger partial charge in [0.15, 0.2) is 0 Å². The topological polar surface area (TPSA) is 107 Å². The Morgan fingerprint density at radius 3 is 2.52 bits per heavy atom. The minimum absolute atomic E-state index is 0.307. The van der Waals surface area contributed by atoms with Gasteiger partial charge in [-0.1, -0.05) is 12.1 Å². The van der Waals surface area contributed by atoms with E-state index in [-0.39, 0.29) is 0 Å². The summed E-state index contributed by atoms with van der Waals surface area (Å²) >= 11 is 0. The van der Waals surface area contributed by atoms with E-state index < -0.39 is 11.9 Å². The molecule has 0 radical (unpaired) electrons. The highest BCUT2D eigenvalue weighted by molar-refractivity contribution is 6.00. The lowest BCUT2D eigenvalue weighted by Crippen LogP contribution is -2.11. The number of carbonyl (C=O) groups is 2. The Bertz CT molecular complexity index is 698. The van der Waals surface area contributed by atoms with Gasteiger partial charge in [-0.25, -0.2) is 4.79 Å². The molecule has 0 atom stereocenters. The van der Waals surface area contributed by atoms with Gasteiger partial charge in [0, 0.05) is 11.3 Å². The van der Waals surface area contributed by atoms with Crippen molar-refractivity contribution in [3.05, 3.63) is 53.6 Å². The normalized spacial score (nSPS) is 9.95. The summed E-state index contributed by atoms with van der Waals surface area (Å²) in [6, 6.07) is 11.5. The second kappa shape index (κ2) is 5.96. The zero-order valence-electron chi connectivity index (χ0n) is 11.4. The largest absolute Gasteiger partial charge is 0.465 e. The van der Waals surface area contributed by atoms with Crippen molar-refractivity contribution in [1.29, 1.82) is 0 Å². The maximum Gasteiger partial charge on any atom is 0.340 e. The highest BCUT2D eigenvalue weighted by Crippen LogP contribution is 2.28. The number of nitrogen functional groups attached to an aromatic ring is 1. The van der Waals surface area contributed by atoms with Gasteiger partial charge in [-0.05, 0) is 30.3 Å². The summed E-state index contributed by atoms with van der Waals surface area (Å²) < 4.78 is 4.72. The van der Waals surface area contributed by atoms with Gasteiger partial charge in [-0.15, -0.1) is 0 Å². The van der Waals surface area contributed by atoms with Crippen molar-refractivity contribution >= 4 is 28.9 Å². The quantitative estimate of drug-likeness (QED) is 0.587. The Hall–Kier alpha value is -3.02. The smallest absolute Gasteiger partial charge is 0.340 e. The zero-order chi connectivity index (χ0) is 15.4. The fraction of sp³-hybridized carbons (Fsp3) is 0.0667. The number of benzene rings is 2. The minimum Gasteiger partial charge on any atom is -0.465 e. The van der Waals surface area contributed by atoms with Crippen molar-refractivity contribution in [2.24, 2.45) is 5.73 Å². The number of hydrogen-bond acceptors (Lipinski definition) is 5. The minimum atomic E-state index is -0.534. The maximum absolute atomic E-state index is 11.8. The molecule has 2 aromatic carbocycles. The van der Waals surface area contributed by atoms with Gasteiger partial charge in [-0.2, -0.15) is 0 Å². The number of nitrogens with two attached hydrogens (primary N) is 2. The number of esters is 1. The van der Waals surface area contributed by atoms with Crippen molar-refractivity contribution in [2.75, 3.05) is 18.2 Å². The molecule has 0 bridgehead atoms. The predicted molar refractivity (Wildman–Crippen MR) is 80.4 cm³/mol.